The Labute approximate surface area is 353 Å². The van der Waals surface area contributed by atoms with Gasteiger partial charge >= 0.3 is 30.0 Å². The third kappa shape index (κ3) is 46.9. The van der Waals surface area contributed by atoms with E-state index in [0.29, 0.717) is 13.0 Å². The number of rotatable bonds is 30. The molecule has 0 unspecified atom stereocenters. The Kier molecular flexibility index (Phi) is 45.5. The van der Waals surface area contributed by atoms with Crippen LogP contribution < -0.4 is 11.1 Å². The molecule has 0 rings (SSSR count). The molecule has 0 heterocycles. The predicted molar refractivity (Wildman–Crippen MR) is 236 cm³/mol. The number of aliphatic imine (C=N–C) groups is 1. The summed E-state index contributed by atoms with van der Waals surface area (Å²) in [6.07, 6.45) is 28.0. The molecule has 0 spiro atoms. The van der Waals surface area contributed by atoms with Crippen LogP contribution in [0.5, 0.6) is 0 Å². The fraction of sp³-hybridized carbons (Fsp3) is 0.822. The second-order valence-corrected chi connectivity index (χ2v) is 15.3. The van der Waals surface area contributed by atoms with Crippen molar-refractivity contribution in [3.05, 3.63) is 12.2 Å². The van der Waals surface area contributed by atoms with Gasteiger partial charge in [-0.15, -0.1) is 0 Å². The number of amides is 1. The molecule has 0 aromatic carbocycles. The van der Waals surface area contributed by atoms with Crippen LogP contribution in [0.4, 0.5) is 4.79 Å². The molecule has 0 aromatic rings. The molecule has 0 aliphatic rings. The third-order valence-electron chi connectivity index (χ3n) is 8.26. The number of nitrogens with two attached hydrogens (primary N) is 1. The third-order valence-corrected chi connectivity index (χ3v) is 8.26. The number of ether oxygens (including phenoxy) is 5. The van der Waals surface area contributed by atoms with Gasteiger partial charge in [0, 0.05) is 19.8 Å². The molecule has 3 N–H and O–H groups in total. The standard InChI is InChI=1S/C19H39N.C19H32O8.C6H12N2O2.CH4/c1-3-4-5-6-7-8-9-10-11-12-13-14-15-16-17-18-19-20-2;1-5-16(21)26-13-19(4,14-27-17(22)6-2)18(23)25-12-10-8-7-9-11-24-15(3)20;1-6(2,3)10-5(9)8-4-7;/h10-11,20H,3-9,12-19H2,1-2H3;5-14H2,1-4H3;4H,1-3H3,(H2,7,8,9);1H4/b11-10-;;;. The molecule has 0 atom stereocenters. The Bertz CT molecular complexity index is 1050. The first-order valence-electron chi connectivity index (χ1n) is 21.5. The Morgan fingerprint density at radius 3 is 1.47 bits per heavy atom. The first-order chi connectivity index (χ1) is 27.1. The zero-order chi connectivity index (χ0) is 43.6. The van der Waals surface area contributed by atoms with E-state index in [-0.39, 0.29) is 46.1 Å². The van der Waals surface area contributed by atoms with Crippen LogP contribution >= 0.6 is 0 Å². The molecule has 58 heavy (non-hydrogen) atoms. The minimum absolute atomic E-state index is 0. The molecule has 0 aromatic heterocycles. The fourth-order valence-electron chi connectivity index (χ4n) is 4.85. The summed E-state index contributed by atoms with van der Waals surface area (Å²) in [5, 5.41) is 3.21. The molecule has 342 valence electrons. The molecule has 0 aliphatic heterocycles. The predicted octanol–water partition coefficient (Wildman–Crippen LogP) is 10.4. The highest BCUT2D eigenvalue weighted by atomic mass is 16.6. The highest BCUT2D eigenvalue weighted by Crippen LogP contribution is 2.21. The summed E-state index contributed by atoms with van der Waals surface area (Å²) < 4.78 is 25.0. The molecule has 13 nitrogen and oxygen atoms in total. The molecule has 0 saturated heterocycles. The number of esters is 4. The van der Waals surface area contributed by atoms with Gasteiger partial charge in [-0.25, -0.2) is 4.79 Å². The van der Waals surface area contributed by atoms with Gasteiger partial charge in [-0.3, -0.25) is 19.2 Å². The van der Waals surface area contributed by atoms with E-state index in [9.17, 15) is 24.0 Å². The van der Waals surface area contributed by atoms with E-state index >= 15 is 0 Å². The SMILES string of the molecule is C.CC(C)(C)OC(=O)/N=C/N.CCC(=O)OCC(C)(COC(=O)CC)C(=O)OCCCCCCOC(C)=O.CCCCCCCC/C=C\CCCCCCCCNC. The molecule has 0 saturated carbocycles. The maximum Gasteiger partial charge on any atom is 0.435 e. The Morgan fingerprint density at radius 1 is 0.621 bits per heavy atom. The molecule has 0 fully saturated rings. The van der Waals surface area contributed by atoms with E-state index in [4.69, 9.17) is 29.4 Å². The van der Waals surface area contributed by atoms with Gasteiger partial charge in [0.2, 0.25) is 0 Å². The van der Waals surface area contributed by atoms with Crippen LogP contribution in [-0.4, -0.2) is 81.9 Å². The topological polar surface area (TPSA) is 182 Å². The van der Waals surface area contributed by atoms with Crippen molar-refractivity contribution in [3.63, 3.8) is 0 Å². The first kappa shape index (κ1) is 61.2. The van der Waals surface area contributed by atoms with Gasteiger partial charge in [-0.2, -0.15) is 4.99 Å². The van der Waals surface area contributed by atoms with Crippen molar-refractivity contribution < 1.29 is 47.7 Å². The summed E-state index contributed by atoms with van der Waals surface area (Å²) >= 11 is 0. The van der Waals surface area contributed by atoms with Crippen LogP contribution in [0.15, 0.2) is 17.1 Å². The van der Waals surface area contributed by atoms with Crippen molar-refractivity contribution in [2.24, 2.45) is 16.1 Å². The minimum atomic E-state index is -1.25. The number of carbonyl (C=O) groups excluding carboxylic acids is 5. The van der Waals surface area contributed by atoms with Gasteiger partial charge in [0.1, 0.15) is 24.2 Å². The van der Waals surface area contributed by atoms with E-state index in [1.807, 2.05) is 7.05 Å². The van der Waals surface area contributed by atoms with E-state index in [1.165, 1.54) is 103 Å². The van der Waals surface area contributed by atoms with Crippen LogP contribution in [0.2, 0.25) is 0 Å². The van der Waals surface area contributed by atoms with Crippen molar-refractivity contribution in [1.82, 2.24) is 5.32 Å². The van der Waals surface area contributed by atoms with Gasteiger partial charge in [0.15, 0.2) is 0 Å². The van der Waals surface area contributed by atoms with Gasteiger partial charge in [-0.05, 0) is 99.1 Å². The number of nitrogens with zero attached hydrogens (tertiary/aromatic N) is 1. The van der Waals surface area contributed by atoms with E-state index in [1.54, 1.807) is 41.5 Å². The Hall–Kier alpha value is -3.48. The summed E-state index contributed by atoms with van der Waals surface area (Å²) in [6.45, 7) is 15.1. The lowest BCUT2D eigenvalue weighted by Gasteiger charge is -2.26. The molecule has 1 amide bonds. The molecular weight excluding hydrogens is 743 g/mol. The Morgan fingerprint density at radius 2 is 1.05 bits per heavy atom. The molecule has 13 heteroatoms. The van der Waals surface area contributed by atoms with Crippen molar-refractivity contribution in [1.29, 1.82) is 0 Å². The normalized spacial score (nSPS) is 11.1. The number of nitrogens with one attached hydrogen (secondary N) is 1. The Balaban J connectivity index is -0.000000412. The smallest absolute Gasteiger partial charge is 0.435 e. The van der Waals surface area contributed by atoms with Crippen LogP contribution in [0.25, 0.3) is 0 Å². The lowest BCUT2D eigenvalue weighted by atomic mass is 9.93. The van der Waals surface area contributed by atoms with Gasteiger partial charge in [0.25, 0.3) is 0 Å². The average molecular weight is 830 g/mol. The number of allylic oxidation sites excluding steroid dienone is 2. The van der Waals surface area contributed by atoms with Crippen LogP contribution in [-0.2, 0) is 42.9 Å². The van der Waals surface area contributed by atoms with E-state index in [0.717, 1.165) is 25.6 Å². The number of carbonyl (C=O) groups is 5. The monoisotopic (exact) mass is 830 g/mol. The van der Waals surface area contributed by atoms with Crippen LogP contribution in [0.3, 0.4) is 0 Å². The highest BCUT2D eigenvalue weighted by molar-refractivity contribution is 5.78. The lowest BCUT2D eigenvalue weighted by molar-refractivity contribution is -0.170. The summed E-state index contributed by atoms with van der Waals surface area (Å²) in [6, 6.07) is 0. The van der Waals surface area contributed by atoms with Gasteiger partial charge in [-0.1, -0.05) is 98.1 Å². The van der Waals surface area contributed by atoms with Crippen LogP contribution in [0.1, 0.15) is 191 Å². The summed E-state index contributed by atoms with van der Waals surface area (Å²) in [5.41, 5.74) is 3.11. The minimum Gasteiger partial charge on any atom is -0.466 e. The maximum absolute atomic E-state index is 12.4. The van der Waals surface area contributed by atoms with Gasteiger partial charge < -0.3 is 34.7 Å². The number of hydrogen-bond acceptors (Lipinski definition) is 11. The van der Waals surface area contributed by atoms with Crippen molar-refractivity contribution >= 4 is 36.3 Å². The lowest BCUT2D eigenvalue weighted by Crippen LogP contribution is -2.40. The quantitative estimate of drug-likeness (QED) is 0.0175. The van der Waals surface area contributed by atoms with Gasteiger partial charge in [0.05, 0.1) is 19.6 Å². The highest BCUT2D eigenvalue weighted by Gasteiger charge is 2.38. The summed E-state index contributed by atoms with van der Waals surface area (Å²) in [7, 11) is 2.04. The summed E-state index contributed by atoms with van der Waals surface area (Å²) in [4.78, 5) is 59.6. The second kappa shape index (κ2) is 43.1. The maximum atomic E-state index is 12.4. The van der Waals surface area contributed by atoms with Crippen molar-refractivity contribution in [3.8, 4) is 0 Å². The largest absolute Gasteiger partial charge is 0.466 e. The van der Waals surface area contributed by atoms with Crippen LogP contribution in [0, 0.1) is 5.41 Å². The fourth-order valence-corrected chi connectivity index (χ4v) is 4.85. The second-order valence-electron chi connectivity index (χ2n) is 15.3. The zero-order valence-electron chi connectivity index (χ0n) is 37.5. The molecular formula is C45H87N3O10. The zero-order valence-corrected chi connectivity index (χ0v) is 37.5. The average Bonchev–Trinajstić information content (AvgIpc) is 3.16. The first-order valence-corrected chi connectivity index (χ1v) is 21.5. The van der Waals surface area contributed by atoms with E-state index in [2.05, 4.69) is 29.4 Å². The van der Waals surface area contributed by atoms with Crippen molar-refractivity contribution in [2.75, 3.05) is 40.0 Å². The molecule has 0 radical (unpaired) electrons. The summed E-state index contributed by atoms with van der Waals surface area (Å²) in [5.74, 6) is -1.75. The number of hydrogen-bond donors (Lipinski definition) is 2. The molecule has 0 aliphatic carbocycles. The van der Waals surface area contributed by atoms with E-state index < -0.39 is 35.0 Å². The van der Waals surface area contributed by atoms with Crippen molar-refractivity contribution in [2.45, 2.75) is 197 Å². The number of unbranched alkanes of at least 4 members (excludes halogenated alkanes) is 15. The molecule has 0 bridgehead atoms.